The number of hydrogen-bond donors (Lipinski definition) is 3. The average Bonchev–Trinajstić information content (AvgIpc) is 2.52. The van der Waals surface area contributed by atoms with Crippen LogP contribution in [0, 0.1) is 0 Å². The lowest BCUT2D eigenvalue weighted by Crippen LogP contribution is -2.37. The van der Waals surface area contributed by atoms with Gasteiger partial charge in [0, 0.05) is 18.5 Å². The van der Waals surface area contributed by atoms with Gasteiger partial charge >= 0.3 is 6.18 Å². The number of nitrogens with zero attached hydrogens (tertiary/aromatic N) is 3. The van der Waals surface area contributed by atoms with Crippen molar-refractivity contribution in [2.75, 3.05) is 17.2 Å². The van der Waals surface area contributed by atoms with Gasteiger partial charge in [-0.15, -0.1) is 0 Å². The zero-order valence-corrected chi connectivity index (χ0v) is 13.8. The molecular formula is C14H17F6N5O. The SMILES string of the molecule is CCNc1nc(N[C@H](C)C(F)(F)F)nc(C2=C(F)C(O)C(F)(F)CC2)n1. The fraction of sp³-hybridized carbons (Fsp3) is 0.643. The maximum absolute atomic E-state index is 14.2. The zero-order valence-electron chi connectivity index (χ0n) is 13.8. The molecule has 1 aliphatic rings. The van der Waals surface area contributed by atoms with E-state index in [1.54, 1.807) is 6.92 Å². The largest absolute Gasteiger partial charge is 0.408 e. The zero-order chi connectivity index (χ0) is 19.7. The van der Waals surface area contributed by atoms with Crippen molar-refractivity contribution < 1.29 is 31.4 Å². The number of rotatable bonds is 5. The standard InChI is InChI=1S/C14H17F6N5O/c1-3-21-11-23-10(7-4-5-13(16,17)9(26)8(7)15)24-12(25-11)22-6(2)14(18,19)20/h6,9,26H,3-5H2,1-2H3,(H2,21,22,23,24,25)/t6-,9?/m1/s1. The van der Waals surface area contributed by atoms with Gasteiger partial charge in [0.05, 0.1) is 0 Å². The number of halogens is 6. The molecule has 12 heteroatoms. The topological polar surface area (TPSA) is 83.0 Å². The van der Waals surface area contributed by atoms with Crippen LogP contribution in [0.15, 0.2) is 5.83 Å². The highest BCUT2D eigenvalue weighted by Gasteiger charge is 2.46. The fourth-order valence-corrected chi connectivity index (χ4v) is 2.20. The van der Waals surface area contributed by atoms with E-state index in [0.717, 1.165) is 6.92 Å². The molecule has 1 heterocycles. The van der Waals surface area contributed by atoms with Crippen molar-refractivity contribution in [1.82, 2.24) is 15.0 Å². The van der Waals surface area contributed by atoms with Crippen LogP contribution in [0.4, 0.5) is 38.2 Å². The van der Waals surface area contributed by atoms with Gasteiger partial charge in [0.25, 0.3) is 5.92 Å². The Morgan fingerprint density at radius 2 is 1.85 bits per heavy atom. The summed E-state index contributed by atoms with van der Waals surface area (Å²) in [4.78, 5) is 11.3. The van der Waals surface area contributed by atoms with Crippen LogP contribution in [-0.2, 0) is 0 Å². The molecule has 0 bridgehead atoms. The second-order valence-corrected chi connectivity index (χ2v) is 5.73. The van der Waals surface area contributed by atoms with Gasteiger partial charge < -0.3 is 15.7 Å². The van der Waals surface area contributed by atoms with Crippen LogP contribution < -0.4 is 10.6 Å². The number of aromatic nitrogens is 3. The minimum Gasteiger partial charge on any atom is -0.380 e. The first kappa shape index (κ1) is 20.2. The first-order valence-corrected chi connectivity index (χ1v) is 7.73. The molecule has 1 aromatic heterocycles. The first-order chi connectivity index (χ1) is 12.0. The van der Waals surface area contributed by atoms with Gasteiger partial charge in [-0.2, -0.15) is 28.1 Å². The van der Waals surface area contributed by atoms with E-state index < -0.39 is 60.3 Å². The number of aliphatic hydroxyl groups is 1. The summed E-state index contributed by atoms with van der Waals surface area (Å²) in [5, 5.41) is 14.1. The Morgan fingerprint density at radius 3 is 2.42 bits per heavy atom. The summed E-state index contributed by atoms with van der Waals surface area (Å²) in [5.41, 5.74) is -0.396. The van der Waals surface area contributed by atoms with Crippen molar-refractivity contribution in [2.45, 2.75) is 50.9 Å². The summed E-state index contributed by atoms with van der Waals surface area (Å²) >= 11 is 0. The summed E-state index contributed by atoms with van der Waals surface area (Å²) < 4.78 is 79.0. The molecule has 0 radical (unpaired) electrons. The second-order valence-electron chi connectivity index (χ2n) is 5.73. The Morgan fingerprint density at radius 1 is 1.23 bits per heavy atom. The van der Waals surface area contributed by atoms with Crippen LogP contribution in [0.1, 0.15) is 32.5 Å². The molecule has 3 N–H and O–H groups in total. The molecule has 26 heavy (non-hydrogen) atoms. The minimum absolute atomic E-state index is 0.151. The molecule has 0 aromatic carbocycles. The van der Waals surface area contributed by atoms with E-state index in [-0.39, 0.29) is 5.95 Å². The maximum Gasteiger partial charge on any atom is 0.408 e. The normalized spacial score (nSPS) is 21.5. The quantitative estimate of drug-likeness (QED) is 0.676. The Labute approximate surface area is 144 Å². The van der Waals surface area contributed by atoms with Gasteiger partial charge in [-0.25, -0.2) is 13.2 Å². The van der Waals surface area contributed by atoms with Crippen molar-refractivity contribution >= 4 is 17.5 Å². The molecule has 1 unspecified atom stereocenters. The van der Waals surface area contributed by atoms with E-state index in [4.69, 9.17) is 0 Å². The Kier molecular flexibility index (Phi) is 5.64. The molecule has 0 saturated heterocycles. The van der Waals surface area contributed by atoms with E-state index in [0.29, 0.717) is 6.54 Å². The number of anilines is 2. The van der Waals surface area contributed by atoms with Crippen molar-refractivity contribution in [3.05, 3.63) is 11.7 Å². The predicted octanol–water partition coefficient (Wildman–Crippen LogP) is 3.14. The molecular weight excluding hydrogens is 368 g/mol. The van der Waals surface area contributed by atoms with Gasteiger partial charge in [0.2, 0.25) is 11.9 Å². The van der Waals surface area contributed by atoms with E-state index in [9.17, 15) is 31.4 Å². The van der Waals surface area contributed by atoms with Crippen LogP contribution in [-0.4, -0.2) is 50.8 Å². The highest BCUT2D eigenvalue weighted by molar-refractivity contribution is 5.66. The average molecular weight is 385 g/mol. The van der Waals surface area contributed by atoms with Crippen LogP contribution in [0.5, 0.6) is 0 Å². The molecule has 6 nitrogen and oxygen atoms in total. The van der Waals surface area contributed by atoms with E-state index in [2.05, 4.69) is 20.3 Å². The minimum atomic E-state index is -4.58. The van der Waals surface area contributed by atoms with Crippen molar-refractivity contribution in [3.8, 4) is 0 Å². The molecule has 0 amide bonds. The van der Waals surface area contributed by atoms with Crippen molar-refractivity contribution in [3.63, 3.8) is 0 Å². The molecule has 0 saturated carbocycles. The lowest BCUT2D eigenvalue weighted by molar-refractivity contribution is -0.138. The van der Waals surface area contributed by atoms with Gasteiger partial charge in [0.1, 0.15) is 11.9 Å². The fourth-order valence-electron chi connectivity index (χ4n) is 2.20. The number of hydrogen-bond acceptors (Lipinski definition) is 6. The summed E-state index contributed by atoms with van der Waals surface area (Å²) in [5.74, 6) is -6.22. The number of nitrogens with one attached hydrogen (secondary N) is 2. The molecule has 0 fully saturated rings. The smallest absolute Gasteiger partial charge is 0.380 e. The van der Waals surface area contributed by atoms with Gasteiger partial charge in [-0.3, -0.25) is 0 Å². The molecule has 2 rings (SSSR count). The van der Waals surface area contributed by atoms with Gasteiger partial charge in [-0.1, -0.05) is 0 Å². The summed E-state index contributed by atoms with van der Waals surface area (Å²) in [6, 6.07) is -2.01. The third-order valence-corrected chi connectivity index (χ3v) is 3.71. The Balaban J connectivity index is 2.44. The van der Waals surface area contributed by atoms with E-state index >= 15 is 0 Å². The molecule has 0 spiro atoms. The number of aliphatic hydroxyl groups excluding tert-OH is 1. The molecule has 2 atom stereocenters. The number of alkyl halides is 5. The molecule has 1 aliphatic carbocycles. The highest BCUT2D eigenvalue weighted by Crippen LogP contribution is 2.41. The monoisotopic (exact) mass is 385 g/mol. The lowest BCUT2D eigenvalue weighted by atomic mass is 9.92. The predicted molar refractivity (Wildman–Crippen MR) is 81.3 cm³/mol. The Bertz CT molecular complexity index is 693. The van der Waals surface area contributed by atoms with Crippen LogP contribution >= 0.6 is 0 Å². The third kappa shape index (κ3) is 4.34. The van der Waals surface area contributed by atoms with Crippen LogP contribution in [0.3, 0.4) is 0 Å². The summed E-state index contributed by atoms with van der Waals surface area (Å²) in [6.45, 7) is 2.81. The van der Waals surface area contributed by atoms with E-state index in [1.165, 1.54) is 0 Å². The van der Waals surface area contributed by atoms with Crippen molar-refractivity contribution in [2.24, 2.45) is 0 Å². The van der Waals surface area contributed by atoms with Crippen LogP contribution in [0.2, 0.25) is 0 Å². The lowest BCUT2D eigenvalue weighted by Gasteiger charge is -2.27. The van der Waals surface area contributed by atoms with Crippen molar-refractivity contribution in [1.29, 1.82) is 0 Å². The molecule has 146 valence electrons. The summed E-state index contributed by atoms with van der Waals surface area (Å²) in [7, 11) is 0. The third-order valence-electron chi connectivity index (χ3n) is 3.71. The van der Waals surface area contributed by atoms with Crippen LogP contribution in [0.25, 0.3) is 5.57 Å². The summed E-state index contributed by atoms with van der Waals surface area (Å²) in [6.07, 6.45) is -8.57. The van der Waals surface area contributed by atoms with E-state index in [1.807, 2.05) is 5.32 Å². The molecule has 1 aromatic rings. The van der Waals surface area contributed by atoms with Gasteiger partial charge in [-0.05, 0) is 20.3 Å². The first-order valence-electron chi connectivity index (χ1n) is 7.73. The Hall–Kier alpha value is -2.11. The second kappa shape index (κ2) is 7.25. The van der Waals surface area contributed by atoms with Gasteiger partial charge in [0.15, 0.2) is 11.9 Å². The number of allylic oxidation sites excluding steroid dienone is 1. The highest BCUT2D eigenvalue weighted by atomic mass is 19.4. The maximum atomic E-state index is 14.2. The molecule has 0 aliphatic heterocycles.